The standard InChI is InChI=1S/C17H14IN3O/c1-12-7-8-13(9-16(12)18)17(22)20-14-10-19-21(11-14)15-5-3-2-4-6-15/h2-11H,1H3,(H,20,22). The number of nitrogens with zero attached hydrogens (tertiary/aromatic N) is 2. The van der Waals surface area contributed by atoms with Crippen molar-refractivity contribution in [2.75, 3.05) is 5.32 Å². The van der Waals surface area contributed by atoms with Gasteiger partial charge in [-0.25, -0.2) is 4.68 Å². The summed E-state index contributed by atoms with van der Waals surface area (Å²) in [6.45, 7) is 2.02. The van der Waals surface area contributed by atoms with Crippen molar-refractivity contribution < 1.29 is 4.79 Å². The minimum absolute atomic E-state index is 0.134. The fourth-order valence-corrected chi connectivity index (χ4v) is 2.56. The first-order valence-corrected chi connectivity index (χ1v) is 7.89. The third-order valence-electron chi connectivity index (χ3n) is 3.30. The Labute approximate surface area is 142 Å². The van der Waals surface area contributed by atoms with Gasteiger partial charge in [-0.05, 0) is 59.3 Å². The third kappa shape index (κ3) is 3.19. The molecule has 22 heavy (non-hydrogen) atoms. The summed E-state index contributed by atoms with van der Waals surface area (Å²) in [5.41, 5.74) is 3.42. The van der Waals surface area contributed by atoms with Crippen molar-refractivity contribution in [1.82, 2.24) is 9.78 Å². The Bertz CT molecular complexity index is 812. The van der Waals surface area contributed by atoms with E-state index < -0.39 is 0 Å². The average molecular weight is 403 g/mol. The number of carbonyl (C=O) groups is 1. The van der Waals surface area contributed by atoms with E-state index in [0.717, 1.165) is 14.8 Å². The van der Waals surface area contributed by atoms with E-state index in [1.165, 1.54) is 0 Å². The van der Waals surface area contributed by atoms with Gasteiger partial charge < -0.3 is 5.32 Å². The summed E-state index contributed by atoms with van der Waals surface area (Å²) in [4.78, 5) is 12.3. The first kappa shape index (κ1) is 14.8. The Kier molecular flexibility index (Phi) is 4.24. The first-order valence-electron chi connectivity index (χ1n) is 6.81. The van der Waals surface area contributed by atoms with Gasteiger partial charge in [-0.1, -0.05) is 24.3 Å². The van der Waals surface area contributed by atoms with Gasteiger partial charge in [-0.2, -0.15) is 5.10 Å². The highest BCUT2D eigenvalue weighted by atomic mass is 127. The van der Waals surface area contributed by atoms with Crippen LogP contribution in [0.2, 0.25) is 0 Å². The van der Waals surface area contributed by atoms with E-state index in [4.69, 9.17) is 0 Å². The van der Waals surface area contributed by atoms with Gasteiger partial charge in [0, 0.05) is 9.13 Å². The topological polar surface area (TPSA) is 46.9 Å². The van der Waals surface area contributed by atoms with Crippen LogP contribution in [-0.4, -0.2) is 15.7 Å². The quantitative estimate of drug-likeness (QED) is 0.672. The largest absolute Gasteiger partial charge is 0.319 e. The number of aryl methyl sites for hydroxylation is 1. The van der Waals surface area contributed by atoms with Crippen LogP contribution in [0.4, 0.5) is 5.69 Å². The van der Waals surface area contributed by atoms with Gasteiger partial charge in [0.1, 0.15) is 0 Å². The van der Waals surface area contributed by atoms with Crippen molar-refractivity contribution in [3.63, 3.8) is 0 Å². The minimum Gasteiger partial charge on any atom is -0.319 e. The van der Waals surface area contributed by atoms with Crippen molar-refractivity contribution in [3.05, 3.63) is 75.6 Å². The van der Waals surface area contributed by atoms with Gasteiger partial charge >= 0.3 is 0 Å². The number of hydrogen-bond donors (Lipinski definition) is 1. The molecule has 0 aliphatic heterocycles. The van der Waals surface area contributed by atoms with Gasteiger partial charge in [-0.15, -0.1) is 0 Å². The summed E-state index contributed by atoms with van der Waals surface area (Å²) in [6.07, 6.45) is 3.44. The SMILES string of the molecule is Cc1ccc(C(=O)Nc2cnn(-c3ccccc3)c2)cc1I. The Morgan fingerprint density at radius 2 is 1.95 bits per heavy atom. The molecule has 1 aromatic heterocycles. The number of anilines is 1. The van der Waals surface area contributed by atoms with Gasteiger partial charge in [0.15, 0.2) is 0 Å². The minimum atomic E-state index is -0.134. The molecule has 0 unspecified atom stereocenters. The molecule has 0 aliphatic rings. The Morgan fingerprint density at radius 1 is 1.18 bits per heavy atom. The highest BCUT2D eigenvalue weighted by molar-refractivity contribution is 14.1. The summed E-state index contributed by atoms with van der Waals surface area (Å²) < 4.78 is 2.80. The van der Waals surface area contributed by atoms with E-state index >= 15 is 0 Å². The molecule has 0 atom stereocenters. The van der Waals surface area contributed by atoms with Crippen LogP contribution in [0.15, 0.2) is 60.9 Å². The van der Waals surface area contributed by atoms with Crippen LogP contribution in [0.25, 0.3) is 5.69 Å². The van der Waals surface area contributed by atoms with Crippen molar-refractivity contribution in [2.45, 2.75) is 6.92 Å². The number of halogens is 1. The molecule has 1 N–H and O–H groups in total. The maximum Gasteiger partial charge on any atom is 0.255 e. The number of nitrogens with one attached hydrogen (secondary N) is 1. The summed E-state index contributed by atoms with van der Waals surface area (Å²) in [7, 11) is 0. The Hall–Kier alpha value is -2.15. The molecule has 0 saturated heterocycles. The highest BCUT2D eigenvalue weighted by Crippen LogP contribution is 2.16. The van der Waals surface area contributed by atoms with Crippen LogP contribution in [0.5, 0.6) is 0 Å². The van der Waals surface area contributed by atoms with Gasteiger partial charge in [-0.3, -0.25) is 4.79 Å². The van der Waals surface area contributed by atoms with Crippen molar-refractivity contribution in [2.24, 2.45) is 0 Å². The lowest BCUT2D eigenvalue weighted by Gasteiger charge is -2.04. The first-order chi connectivity index (χ1) is 10.6. The van der Waals surface area contributed by atoms with Crippen LogP contribution in [0.3, 0.4) is 0 Å². The van der Waals surface area contributed by atoms with Crippen LogP contribution in [-0.2, 0) is 0 Å². The zero-order chi connectivity index (χ0) is 15.5. The summed E-state index contributed by atoms with van der Waals surface area (Å²) in [5, 5.41) is 7.13. The number of para-hydroxylation sites is 1. The van der Waals surface area contributed by atoms with E-state index in [1.807, 2.05) is 55.5 Å². The predicted molar refractivity (Wildman–Crippen MR) is 95.4 cm³/mol. The van der Waals surface area contributed by atoms with Crippen molar-refractivity contribution >= 4 is 34.2 Å². The van der Waals surface area contributed by atoms with Gasteiger partial charge in [0.05, 0.1) is 23.8 Å². The van der Waals surface area contributed by atoms with Gasteiger partial charge in [0.2, 0.25) is 0 Å². The third-order valence-corrected chi connectivity index (χ3v) is 4.46. The van der Waals surface area contributed by atoms with Gasteiger partial charge in [0.25, 0.3) is 5.91 Å². The maximum absolute atomic E-state index is 12.3. The number of benzene rings is 2. The molecule has 3 rings (SSSR count). The van der Waals surface area contributed by atoms with Crippen LogP contribution in [0.1, 0.15) is 15.9 Å². The fourth-order valence-electron chi connectivity index (χ4n) is 2.05. The van der Waals surface area contributed by atoms with E-state index in [0.29, 0.717) is 11.3 Å². The lowest BCUT2D eigenvalue weighted by atomic mass is 10.1. The summed E-state index contributed by atoms with van der Waals surface area (Å²) in [5.74, 6) is -0.134. The molecule has 0 bridgehead atoms. The van der Waals surface area contributed by atoms with Crippen molar-refractivity contribution in [3.8, 4) is 5.69 Å². The normalized spacial score (nSPS) is 10.5. The molecule has 0 radical (unpaired) electrons. The lowest BCUT2D eigenvalue weighted by Crippen LogP contribution is -2.11. The molecule has 0 saturated carbocycles. The molecule has 0 aliphatic carbocycles. The molecule has 2 aromatic carbocycles. The van der Waals surface area contributed by atoms with Crippen molar-refractivity contribution in [1.29, 1.82) is 0 Å². The number of carbonyl (C=O) groups excluding carboxylic acids is 1. The van der Waals surface area contributed by atoms with E-state index in [9.17, 15) is 4.79 Å². The molecule has 1 heterocycles. The molecule has 0 fully saturated rings. The second kappa shape index (κ2) is 6.31. The van der Waals surface area contributed by atoms with E-state index in [-0.39, 0.29) is 5.91 Å². The Morgan fingerprint density at radius 3 is 2.68 bits per heavy atom. The zero-order valence-electron chi connectivity index (χ0n) is 12.0. The molecule has 1 amide bonds. The number of aromatic nitrogens is 2. The second-order valence-electron chi connectivity index (χ2n) is 4.93. The highest BCUT2D eigenvalue weighted by Gasteiger charge is 2.09. The Balaban J connectivity index is 1.77. The fraction of sp³-hybridized carbons (Fsp3) is 0.0588. The monoisotopic (exact) mass is 403 g/mol. The number of hydrogen-bond acceptors (Lipinski definition) is 2. The molecule has 0 spiro atoms. The molecular formula is C17H14IN3O. The molecule has 110 valence electrons. The number of amides is 1. The maximum atomic E-state index is 12.3. The van der Waals surface area contributed by atoms with Crippen LogP contribution < -0.4 is 5.32 Å². The lowest BCUT2D eigenvalue weighted by molar-refractivity contribution is 0.102. The van der Waals surface area contributed by atoms with E-state index in [1.54, 1.807) is 17.1 Å². The smallest absolute Gasteiger partial charge is 0.255 e. The molecule has 4 nitrogen and oxygen atoms in total. The van der Waals surface area contributed by atoms with Crippen LogP contribution >= 0.6 is 22.6 Å². The summed E-state index contributed by atoms with van der Waals surface area (Å²) in [6, 6.07) is 15.4. The predicted octanol–water partition coefficient (Wildman–Crippen LogP) is 4.04. The van der Waals surface area contributed by atoms with Crippen LogP contribution in [0, 0.1) is 10.5 Å². The second-order valence-corrected chi connectivity index (χ2v) is 6.09. The molecular weight excluding hydrogens is 389 g/mol. The number of rotatable bonds is 3. The average Bonchev–Trinajstić information content (AvgIpc) is 2.99. The summed E-state index contributed by atoms with van der Waals surface area (Å²) >= 11 is 2.23. The van der Waals surface area contributed by atoms with E-state index in [2.05, 4.69) is 33.0 Å². The molecule has 3 aromatic rings. The zero-order valence-corrected chi connectivity index (χ0v) is 14.1. The molecule has 5 heteroatoms.